The number of aromatic nitrogens is 3. The Kier molecular flexibility index (Phi) is 4.93. The molecular weight excluding hydrogens is 212 g/mol. The number of rotatable bonds is 6. The Bertz CT molecular complexity index is 346. The molecule has 1 aromatic rings. The highest BCUT2D eigenvalue weighted by Crippen LogP contribution is 1.95. The van der Waals surface area contributed by atoms with Gasteiger partial charge in [-0.15, -0.1) is 0 Å². The molecule has 0 N–H and O–H groups in total. The quantitative estimate of drug-likeness (QED) is 0.537. The van der Waals surface area contributed by atoms with Gasteiger partial charge in [-0.05, 0) is 25.7 Å². The van der Waals surface area contributed by atoms with Gasteiger partial charge in [0, 0.05) is 27.3 Å². The summed E-state index contributed by atoms with van der Waals surface area (Å²) in [6.45, 7) is 2.49. The van der Waals surface area contributed by atoms with Crippen molar-refractivity contribution in [1.29, 1.82) is 0 Å². The fraction of sp³-hybridized carbons (Fsp3) is 0.778. The normalized spacial score (nSPS) is 11.2. The van der Waals surface area contributed by atoms with Gasteiger partial charge in [-0.2, -0.15) is 5.10 Å². The summed E-state index contributed by atoms with van der Waals surface area (Å²) in [4.78, 5) is 2.17. The number of hydrogen-bond acceptors (Lipinski definition) is 4. The van der Waals surface area contributed by atoms with Crippen molar-refractivity contribution in [3.8, 4) is 0 Å². The summed E-state index contributed by atoms with van der Waals surface area (Å²) in [6.07, 6.45) is 2.75. The minimum Gasteiger partial charge on any atom is -0.385 e. The third kappa shape index (κ3) is 3.73. The van der Waals surface area contributed by atoms with Gasteiger partial charge in [0.2, 0.25) is 0 Å². The first kappa shape index (κ1) is 12.4. The van der Waals surface area contributed by atoms with Crippen LogP contribution in [-0.4, -0.2) is 46.6 Å². The van der Waals surface area contributed by atoms with Crippen LogP contribution in [0.4, 0.5) is 0 Å². The summed E-state index contributed by atoms with van der Waals surface area (Å²) in [5, 5.41) is 4.19. The van der Waals surface area contributed by atoms with Crippen molar-refractivity contribution in [1.82, 2.24) is 19.2 Å². The maximum Gasteiger partial charge on any atom is 0.198 e. The zero-order chi connectivity index (χ0) is 11.3. The molecular formula is C9H18N4OS. The maximum atomic E-state index is 5.19. The molecule has 0 aliphatic carbocycles. The predicted octanol–water partition coefficient (Wildman–Crippen LogP) is 0.877. The Hall–Kier alpha value is -0.720. The summed E-state index contributed by atoms with van der Waals surface area (Å²) in [7, 11) is 5.66. The highest BCUT2D eigenvalue weighted by molar-refractivity contribution is 7.71. The number of nitrogens with zero attached hydrogens (tertiary/aromatic N) is 4. The molecule has 0 aliphatic rings. The molecule has 15 heavy (non-hydrogen) atoms. The molecule has 0 saturated carbocycles. The van der Waals surface area contributed by atoms with Crippen LogP contribution in [0.25, 0.3) is 0 Å². The second-order valence-corrected chi connectivity index (χ2v) is 3.96. The fourth-order valence-corrected chi connectivity index (χ4v) is 1.45. The summed E-state index contributed by atoms with van der Waals surface area (Å²) in [5.41, 5.74) is 0. The standard InChI is InChI=1S/C9H18N4OS/c1-11(5-4-6-14-3)8-13-9(15)12(2)7-10-13/h7H,4-6,8H2,1-3H3. The fourth-order valence-electron chi connectivity index (χ4n) is 1.30. The Morgan fingerprint density at radius 1 is 1.60 bits per heavy atom. The van der Waals surface area contributed by atoms with Gasteiger partial charge in [-0.1, -0.05) is 0 Å². The van der Waals surface area contributed by atoms with Crippen molar-refractivity contribution in [3.63, 3.8) is 0 Å². The Labute approximate surface area is 95.3 Å². The van der Waals surface area contributed by atoms with Gasteiger partial charge < -0.3 is 9.30 Å². The highest BCUT2D eigenvalue weighted by Gasteiger charge is 2.02. The molecule has 0 bridgehead atoms. The van der Waals surface area contributed by atoms with E-state index in [2.05, 4.69) is 10.00 Å². The van der Waals surface area contributed by atoms with E-state index in [1.165, 1.54) is 0 Å². The van der Waals surface area contributed by atoms with Crippen molar-refractivity contribution in [2.45, 2.75) is 13.1 Å². The lowest BCUT2D eigenvalue weighted by atomic mass is 10.4. The highest BCUT2D eigenvalue weighted by atomic mass is 32.1. The molecule has 0 fully saturated rings. The third-order valence-corrected chi connectivity index (χ3v) is 2.65. The SMILES string of the molecule is COCCCN(C)Cn1ncn(C)c1=S. The van der Waals surface area contributed by atoms with Crippen LogP contribution in [0.15, 0.2) is 6.33 Å². The maximum absolute atomic E-state index is 5.19. The van der Waals surface area contributed by atoms with E-state index >= 15 is 0 Å². The van der Waals surface area contributed by atoms with Crippen molar-refractivity contribution in [2.24, 2.45) is 7.05 Å². The molecule has 0 saturated heterocycles. The first-order chi connectivity index (χ1) is 7.15. The molecule has 0 aliphatic heterocycles. The molecule has 5 nitrogen and oxygen atoms in total. The number of aryl methyl sites for hydroxylation is 1. The van der Waals surface area contributed by atoms with Crippen molar-refractivity contribution >= 4 is 12.2 Å². The monoisotopic (exact) mass is 230 g/mol. The van der Waals surface area contributed by atoms with Crippen molar-refractivity contribution in [2.75, 3.05) is 27.3 Å². The molecule has 0 spiro atoms. The summed E-state index contributed by atoms with van der Waals surface area (Å²) in [6, 6.07) is 0. The molecule has 1 rings (SSSR count). The Balaban J connectivity index is 2.41. The summed E-state index contributed by atoms with van der Waals surface area (Å²) < 4.78 is 9.38. The lowest BCUT2D eigenvalue weighted by Crippen LogP contribution is -2.24. The largest absolute Gasteiger partial charge is 0.385 e. The first-order valence-electron chi connectivity index (χ1n) is 4.91. The smallest absolute Gasteiger partial charge is 0.198 e. The molecule has 1 heterocycles. The van der Waals surface area contributed by atoms with E-state index in [1.54, 1.807) is 13.4 Å². The predicted molar refractivity (Wildman–Crippen MR) is 61.2 cm³/mol. The molecule has 0 unspecified atom stereocenters. The molecule has 6 heteroatoms. The van der Waals surface area contributed by atoms with Crippen LogP contribution in [0, 0.1) is 4.77 Å². The van der Waals surface area contributed by atoms with Gasteiger partial charge in [0.1, 0.15) is 6.33 Å². The van der Waals surface area contributed by atoms with Gasteiger partial charge in [-0.3, -0.25) is 4.90 Å². The van der Waals surface area contributed by atoms with Gasteiger partial charge in [0.25, 0.3) is 0 Å². The van der Waals surface area contributed by atoms with Crippen LogP contribution >= 0.6 is 12.2 Å². The van der Waals surface area contributed by atoms with E-state index in [9.17, 15) is 0 Å². The van der Waals surface area contributed by atoms with E-state index < -0.39 is 0 Å². The average molecular weight is 230 g/mol. The first-order valence-corrected chi connectivity index (χ1v) is 5.32. The zero-order valence-electron chi connectivity index (χ0n) is 9.51. The van der Waals surface area contributed by atoms with Crippen LogP contribution < -0.4 is 0 Å². The summed E-state index contributed by atoms with van der Waals surface area (Å²) in [5.74, 6) is 0. The van der Waals surface area contributed by atoms with Crippen LogP contribution in [0.5, 0.6) is 0 Å². The molecule has 0 aromatic carbocycles. The lowest BCUT2D eigenvalue weighted by molar-refractivity contribution is 0.168. The lowest BCUT2D eigenvalue weighted by Gasteiger charge is -2.15. The number of ether oxygens (including phenoxy) is 1. The minimum atomic E-state index is 0.726. The van der Waals surface area contributed by atoms with Gasteiger partial charge in [-0.25, -0.2) is 4.68 Å². The number of methoxy groups -OCH3 is 1. The van der Waals surface area contributed by atoms with E-state index in [1.807, 2.05) is 23.3 Å². The molecule has 0 amide bonds. The van der Waals surface area contributed by atoms with Gasteiger partial charge in [0.05, 0.1) is 6.67 Å². The molecule has 0 atom stereocenters. The van der Waals surface area contributed by atoms with Crippen LogP contribution in [0.1, 0.15) is 6.42 Å². The van der Waals surface area contributed by atoms with Gasteiger partial charge >= 0.3 is 0 Å². The number of hydrogen-bond donors (Lipinski definition) is 0. The summed E-state index contributed by atoms with van der Waals surface area (Å²) >= 11 is 5.19. The zero-order valence-corrected chi connectivity index (χ0v) is 10.3. The molecule has 86 valence electrons. The van der Waals surface area contributed by atoms with Crippen LogP contribution in [0.3, 0.4) is 0 Å². The van der Waals surface area contributed by atoms with Gasteiger partial charge in [0.15, 0.2) is 4.77 Å². The second kappa shape index (κ2) is 5.99. The second-order valence-electron chi connectivity index (χ2n) is 3.59. The van der Waals surface area contributed by atoms with Crippen LogP contribution in [0.2, 0.25) is 0 Å². The van der Waals surface area contributed by atoms with E-state index in [4.69, 9.17) is 17.0 Å². The van der Waals surface area contributed by atoms with E-state index in [-0.39, 0.29) is 0 Å². The molecule has 1 aromatic heterocycles. The van der Waals surface area contributed by atoms with Crippen molar-refractivity contribution in [3.05, 3.63) is 11.1 Å². The molecule has 0 radical (unpaired) electrons. The Morgan fingerprint density at radius 3 is 2.87 bits per heavy atom. The van der Waals surface area contributed by atoms with E-state index in [0.29, 0.717) is 0 Å². The third-order valence-electron chi connectivity index (χ3n) is 2.15. The topological polar surface area (TPSA) is 35.2 Å². The Morgan fingerprint density at radius 2 is 2.33 bits per heavy atom. The van der Waals surface area contributed by atoms with E-state index in [0.717, 1.165) is 31.0 Å². The minimum absolute atomic E-state index is 0.726. The average Bonchev–Trinajstić information content (AvgIpc) is 2.50. The van der Waals surface area contributed by atoms with Crippen LogP contribution in [-0.2, 0) is 18.5 Å². The van der Waals surface area contributed by atoms with Crippen molar-refractivity contribution < 1.29 is 4.74 Å².